The Bertz CT molecular complexity index is 1170. The molecule has 1 fully saturated rings. The molecule has 1 amide bonds. The van der Waals surface area contributed by atoms with Crippen molar-refractivity contribution in [2.75, 3.05) is 30.9 Å². The molecule has 0 radical (unpaired) electrons. The lowest BCUT2D eigenvalue weighted by Gasteiger charge is -2.34. The fourth-order valence-corrected chi connectivity index (χ4v) is 4.81. The van der Waals surface area contributed by atoms with E-state index < -0.39 is 10.0 Å². The Morgan fingerprint density at radius 1 is 0.938 bits per heavy atom. The molecule has 2 aromatic carbocycles. The van der Waals surface area contributed by atoms with E-state index in [-0.39, 0.29) is 10.8 Å². The average molecular weight is 451 g/mol. The number of para-hydroxylation sites is 1. The van der Waals surface area contributed by atoms with E-state index in [2.05, 4.69) is 14.6 Å². The largest absolute Gasteiger partial charge is 0.336 e. The Kier molecular flexibility index (Phi) is 6.53. The summed E-state index contributed by atoms with van der Waals surface area (Å²) in [4.78, 5) is 21.5. The number of carbonyl (C=O) groups excluding carboxylic acids is 1. The summed E-state index contributed by atoms with van der Waals surface area (Å²) in [5, 5.41) is 0. The number of sulfonamides is 1. The molecule has 7 nitrogen and oxygen atoms in total. The van der Waals surface area contributed by atoms with Crippen molar-refractivity contribution in [3.05, 3.63) is 89.7 Å². The summed E-state index contributed by atoms with van der Waals surface area (Å²) in [5.74, 6) is -0.0849. The summed E-state index contributed by atoms with van der Waals surface area (Å²) in [5.41, 5.74) is 2.88. The number of nitrogens with one attached hydrogen (secondary N) is 1. The van der Waals surface area contributed by atoms with Gasteiger partial charge in [-0.3, -0.25) is 19.4 Å². The van der Waals surface area contributed by atoms with Gasteiger partial charge in [0, 0.05) is 44.5 Å². The van der Waals surface area contributed by atoms with Crippen LogP contribution >= 0.6 is 0 Å². The highest BCUT2D eigenvalue weighted by molar-refractivity contribution is 7.92. The van der Waals surface area contributed by atoms with Crippen molar-refractivity contribution in [3.8, 4) is 0 Å². The third kappa shape index (κ3) is 5.15. The number of carbonyl (C=O) groups is 1. The number of rotatable bonds is 6. The minimum atomic E-state index is -3.73. The van der Waals surface area contributed by atoms with Crippen molar-refractivity contribution >= 4 is 21.6 Å². The van der Waals surface area contributed by atoms with Crippen LogP contribution in [0.1, 0.15) is 21.6 Å². The van der Waals surface area contributed by atoms with Crippen LogP contribution in [0.4, 0.5) is 5.69 Å². The highest BCUT2D eigenvalue weighted by atomic mass is 32.2. The second-order valence-corrected chi connectivity index (χ2v) is 9.52. The van der Waals surface area contributed by atoms with Crippen LogP contribution in [-0.4, -0.2) is 55.3 Å². The summed E-state index contributed by atoms with van der Waals surface area (Å²) in [6, 6.07) is 19.2. The third-order valence-electron chi connectivity index (χ3n) is 5.57. The second-order valence-electron chi connectivity index (χ2n) is 7.83. The summed E-state index contributed by atoms with van der Waals surface area (Å²) in [6.07, 6.45) is 1.79. The molecule has 1 aliphatic rings. The molecule has 0 bridgehead atoms. The number of amides is 1. The minimum Gasteiger partial charge on any atom is -0.336 e. The number of anilines is 1. The first kappa shape index (κ1) is 22.0. The number of nitrogens with zero attached hydrogens (tertiary/aromatic N) is 3. The molecule has 166 valence electrons. The summed E-state index contributed by atoms with van der Waals surface area (Å²) in [6.45, 7) is 5.41. The first-order valence-corrected chi connectivity index (χ1v) is 12.0. The summed E-state index contributed by atoms with van der Waals surface area (Å²) < 4.78 is 28.0. The van der Waals surface area contributed by atoms with Crippen molar-refractivity contribution in [3.63, 3.8) is 0 Å². The number of aryl methyl sites for hydroxylation is 1. The summed E-state index contributed by atoms with van der Waals surface area (Å²) >= 11 is 0. The zero-order valence-electron chi connectivity index (χ0n) is 17.9. The number of benzene rings is 2. The fourth-order valence-electron chi connectivity index (χ4n) is 3.68. The molecule has 8 heteroatoms. The van der Waals surface area contributed by atoms with Gasteiger partial charge in [0.25, 0.3) is 15.9 Å². The predicted octanol–water partition coefficient (Wildman–Crippen LogP) is 3.15. The molecule has 1 aliphatic heterocycles. The Labute approximate surface area is 188 Å². The maximum Gasteiger partial charge on any atom is 0.261 e. The third-order valence-corrected chi connectivity index (χ3v) is 6.95. The minimum absolute atomic E-state index is 0.0849. The molecule has 0 atom stereocenters. The number of hydrogen-bond donors (Lipinski definition) is 1. The Morgan fingerprint density at radius 3 is 2.28 bits per heavy atom. The second kappa shape index (κ2) is 9.50. The molecule has 0 unspecified atom stereocenters. The molecule has 0 saturated carbocycles. The quantitative estimate of drug-likeness (QED) is 0.624. The van der Waals surface area contributed by atoms with Gasteiger partial charge < -0.3 is 4.90 Å². The lowest BCUT2D eigenvalue weighted by Crippen LogP contribution is -2.48. The maximum atomic E-state index is 12.9. The van der Waals surface area contributed by atoms with E-state index in [9.17, 15) is 13.2 Å². The maximum absolute atomic E-state index is 12.9. The van der Waals surface area contributed by atoms with Gasteiger partial charge in [-0.2, -0.15) is 0 Å². The molecular weight excluding hydrogens is 424 g/mol. The first-order chi connectivity index (χ1) is 15.4. The monoisotopic (exact) mass is 450 g/mol. The number of piperazine rings is 1. The van der Waals surface area contributed by atoms with E-state index in [1.54, 1.807) is 30.5 Å². The number of pyridine rings is 1. The zero-order chi connectivity index (χ0) is 22.6. The van der Waals surface area contributed by atoms with Crippen molar-refractivity contribution < 1.29 is 13.2 Å². The van der Waals surface area contributed by atoms with E-state index in [0.29, 0.717) is 24.3 Å². The molecular formula is C24H26N4O3S. The molecule has 0 spiro atoms. The van der Waals surface area contributed by atoms with Crippen LogP contribution in [-0.2, 0) is 16.6 Å². The Morgan fingerprint density at radius 2 is 1.62 bits per heavy atom. The Hall–Kier alpha value is -3.23. The van der Waals surface area contributed by atoms with Gasteiger partial charge in [0.1, 0.15) is 0 Å². The highest BCUT2D eigenvalue weighted by Gasteiger charge is 2.23. The van der Waals surface area contributed by atoms with E-state index >= 15 is 0 Å². The van der Waals surface area contributed by atoms with Crippen LogP contribution in [0.5, 0.6) is 0 Å². The topological polar surface area (TPSA) is 82.6 Å². The molecule has 1 aromatic heterocycles. The van der Waals surface area contributed by atoms with Gasteiger partial charge in [0.05, 0.1) is 16.3 Å². The van der Waals surface area contributed by atoms with Gasteiger partial charge in [-0.25, -0.2) is 8.42 Å². The fraction of sp³-hybridized carbons (Fsp3) is 0.250. The van der Waals surface area contributed by atoms with Gasteiger partial charge in [0.2, 0.25) is 0 Å². The summed E-state index contributed by atoms with van der Waals surface area (Å²) in [7, 11) is -3.73. The van der Waals surface area contributed by atoms with Gasteiger partial charge in [0.15, 0.2) is 0 Å². The highest BCUT2D eigenvalue weighted by Crippen LogP contribution is 2.20. The van der Waals surface area contributed by atoms with E-state index in [4.69, 9.17) is 0 Å². The van der Waals surface area contributed by atoms with Crippen LogP contribution in [0, 0.1) is 6.92 Å². The SMILES string of the molecule is Cc1ccccc1NS(=O)(=O)c1ccc(C(=O)N2CCN(Cc3ccccn3)CC2)cc1. The smallest absolute Gasteiger partial charge is 0.261 e. The molecule has 2 heterocycles. The number of aromatic nitrogens is 1. The van der Waals surface area contributed by atoms with E-state index in [0.717, 1.165) is 30.9 Å². The van der Waals surface area contributed by atoms with E-state index in [1.807, 2.05) is 42.2 Å². The van der Waals surface area contributed by atoms with Crippen molar-refractivity contribution in [2.24, 2.45) is 0 Å². The van der Waals surface area contributed by atoms with Gasteiger partial charge >= 0.3 is 0 Å². The predicted molar refractivity (Wildman–Crippen MR) is 124 cm³/mol. The van der Waals surface area contributed by atoms with Gasteiger partial charge in [-0.05, 0) is 55.0 Å². The van der Waals surface area contributed by atoms with Crippen molar-refractivity contribution in [1.29, 1.82) is 0 Å². The molecule has 1 N–H and O–H groups in total. The van der Waals surface area contributed by atoms with Crippen LogP contribution in [0.2, 0.25) is 0 Å². The van der Waals surface area contributed by atoms with Crippen LogP contribution in [0.3, 0.4) is 0 Å². The van der Waals surface area contributed by atoms with Crippen LogP contribution in [0.25, 0.3) is 0 Å². The Balaban J connectivity index is 1.37. The van der Waals surface area contributed by atoms with Crippen molar-refractivity contribution in [2.45, 2.75) is 18.4 Å². The molecule has 4 rings (SSSR count). The number of hydrogen-bond acceptors (Lipinski definition) is 5. The molecule has 3 aromatic rings. The normalized spacial score (nSPS) is 14.8. The molecule has 32 heavy (non-hydrogen) atoms. The van der Waals surface area contributed by atoms with Gasteiger partial charge in [-0.1, -0.05) is 24.3 Å². The average Bonchev–Trinajstić information content (AvgIpc) is 2.81. The standard InChI is InChI=1S/C24H26N4O3S/c1-19-6-2-3-8-23(19)26-32(30,31)22-11-9-20(10-12-22)24(29)28-16-14-27(15-17-28)18-21-7-4-5-13-25-21/h2-13,26H,14-18H2,1H3. The van der Waals surface area contributed by atoms with Crippen molar-refractivity contribution in [1.82, 2.24) is 14.8 Å². The van der Waals surface area contributed by atoms with Crippen LogP contribution in [0.15, 0.2) is 77.8 Å². The first-order valence-electron chi connectivity index (χ1n) is 10.5. The molecule has 1 saturated heterocycles. The lowest BCUT2D eigenvalue weighted by atomic mass is 10.2. The van der Waals surface area contributed by atoms with Crippen LogP contribution < -0.4 is 4.72 Å². The lowest BCUT2D eigenvalue weighted by molar-refractivity contribution is 0.0627. The zero-order valence-corrected chi connectivity index (χ0v) is 18.8. The molecule has 0 aliphatic carbocycles. The van der Waals surface area contributed by atoms with Gasteiger partial charge in [-0.15, -0.1) is 0 Å². The van der Waals surface area contributed by atoms with E-state index in [1.165, 1.54) is 12.1 Å².